The SMILES string of the molecule is Cc1cccc(NC(=O)/C(C#N)=C/c2cc(Cl)ccc2OCc2cccc(F)c2)c1. The minimum atomic E-state index is -0.542. The number of halogens is 2. The van der Waals surface area contributed by atoms with E-state index in [4.69, 9.17) is 16.3 Å². The number of nitriles is 1. The number of nitrogens with one attached hydrogen (secondary N) is 1. The summed E-state index contributed by atoms with van der Waals surface area (Å²) in [5.41, 5.74) is 2.59. The van der Waals surface area contributed by atoms with Crippen molar-refractivity contribution in [3.63, 3.8) is 0 Å². The zero-order chi connectivity index (χ0) is 21.5. The zero-order valence-electron chi connectivity index (χ0n) is 16.2. The Hall–Kier alpha value is -3.62. The standard InChI is InChI=1S/C24H18ClFN2O2/c1-16-4-2-7-22(10-16)28-24(29)19(14-27)12-18-13-20(25)8-9-23(18)30-15-17-5-3-6-21(26)11-17/h2-13H,15H2,1H3,(H,28,29)/b19-12+. The minimum Gasteiger partial charge on any atom is -0.488 e. The number of hydrogen-bond acceptors (Lipinski definition) is 3. The highest BCUT2D eigenvalue weighted by Gasteiger charge is 2.12. The van der Waals surface area contributed by atoms with Gasteiger partial charge in [0.15, 0.2) is 0 Å². The quantitative estimate of drug-likeness (QED) is 0.398. The normalized spacial score (nSPS) is 10.9. The predicted octanol–water partition coefficient (Wildman–Crippen LogP) is 5.91. The molecule has 1 amide bonds. The molecule has 3 aromatic carbocycles. The van der Waals surface area contributed by atoms with Crippen molar-refractivity contribution in [1.29, 1.82) is 5.26 Å². The molecule has 4 nitrogen and oxygen atoms in total. The van der Waals surface area contributed by atoms with Gasteiger partial charge in [0.05, 0.1) is 0 Å². The molecule has 0 spiro atoms. The Bertz CT molecular complexity index is 1150. The fraction of sp³-hybridized carbons (Fsp3) is 0.0833. The molecule has 0 aromatic heterocycles. The van der Waals surface area contributed by atoms with Crippen LogP contribution >= 0.6 is 11.6 Å². The van der Waals surface area contributed by atoms with E-state index in [9.17, 15) is 14.4 Å². The lowest BCUT2D eigenvalue weighted by molar-refractivity contribution is -0.112. The van der Waals surface area contributed by atoms with Gasteiger partial charge in [0.25, 0.3) is 5.91 Å². The highest BCUT2D eigenvalue weighted by molar-refractivity contribution is 6.30. The molecule has 0 aliphatic carbocycles. The van der Waals surface area contributed by atoms with Gasteiger partial charge in [-0.2, -0.15) is 5.26 Å². The van der Waals surface area contributed by atoms with Crippen LogP contribution in [0.25, 0.3) is 6.08 Å². The Balaban J connectivity index is 1.83. The fourth-order valence-electron chi connectivity index (χ4n) is 2.78. The summed E-state index contributed by atoms with van der Waals surface area (Å²) in [5.74, 6) is -0.481. The van der Waals surface area contributed by atoms with Gasteiger partial charge in [-0.25, -0.2) is 4.39 Å². The van der Waals surface area contributed by atoms with Gasteiger partial charge in [-0.3, -0.25) is 4.79 Å². The van der Waals surface area contributed by atoms with E-state index in [1.165, 1.54) is 18.2 Å². The summed E-state index contributed by atoms with van der Waals surface area (Å²) in [4.78, 5) is 12.6. The number of rotatable bonds is 6. The van der Waals surface area contributed by atoms with E-state index in [-0.39, 0.29) is 18.0 Å². The van der Waals surface area contributed by atoms with E-state index < -0.39 is 5.91 Å². The van der Waals surface area contributed by atoms with Gasteiger partial charge in [0.1, 0.15) is 29.8 Å². The molecule has 0 saturated heterocycles. The van der Waals surface area contributed by atoms with Crippen LogP contribution in [0, 0.1) is 24.1 Å². The van der Waals surface area contributed by atoms with Crippen molar-refractivity contribution in [3.05, 3.63) is 99.8 Å². The van der Waals surface area contributed by atoms with Crippen LogP contribution in [0.4, 0.5) is 10.1 Å². The van der Waals surface area contributed by atoms with Crippen LogP contribution < -0.4 is 10.1 Å². The second-order valence-corrected chi connectivity index (χ2v) is 7.03. The smallest absolute Gasteiger partial charge is 0.266 e. The molecule has 3 aromatic rings. The predicted molar refractivity (Wildman–Crippen MR) is 116 cm³/mol. The van der Waals surface area contributed by atoms with E-state index in [1.54, 1.807) is 42.5 Å². The van der Waals surface area contributed by atoms with Crippen molar-refractivity contribution >= 4 is 29.3 Å². The van der Waals surface area contributed by atoms with E-state index in [1.807, 2.05) is 25.1 Å². The molecule has 0 saturated carbocycles. The summed E-state index contributed by atoms with van der Waals surface area (Å²) < 4.78 is 19.2. The van der Waals surface area contributed by atoms with Crippen molar-refractivity contribution in [2.75, 3.05) is 5.32 Å². The summed E-state index contributed by atoms with van der Waals surface area (Å²) in [6, 6.07) is 20.1. The third-order valence-corrected chi connectivity index (χ3v) is 4.43. The molecular weight excluding hydrogens is 403 g/mol. The Labute approximate surface area is 179 Å². The molecule has 30 heavy (non-hydrogen) atoms. The molecule has 0 radical (unpaired) electrons. The van der Waals surface area contributed by atoms with Crippen LogP contribution in [0.15, 0.2) is 72.3 Å². The maximum absolute atomic E-state index is 13.4. The first-order valence-electron chi connectivity index (χ1n) is 9.11. The summed E-state index contributed by atoms with van der Waals surface area (Å²) >= 11 is 6.09. The lowest BCUT2D eigenvalue weighted by atomic mass is 10.1. The van der Waals surface area contributed by atoms with Crippen molar-refractivity contribution in [2.24, 2.45) is 0 Å². The van der Waals surface area contributed by atoms with Crippen LogP contribution in [0.2, 0.25) is 5.02 Å². The lowest BCUT2D eigenvalue weighted by Crippen LogP contribution is -2.13. The monoisotopic (exact) mass is 420 g/mol. The second kappa shape index (κ2) is 9.73. The summed E-state index contributed by atoms with van der Waals surface area (Å²) in [7, 11) is 0. The number of benzene rings is 3. The molecule has 6 heteroatoms. The maximum Gasteiger partial charge on any atom is 0.266 e. The van der Waals surface area contributed by atoms with Gasteiger partial charge in [-0.1, -0.05) is 35.9 Å². The Kier molecular flexibility index (Phi) is 6.84. The van der Waals surface area contributed by atoms with Gasteiger partial charge in [0.2, 0.25) is 0 Å². The number of carbonyl (C=O) groups excluding carboxylic acids is 1. The number of nitrogens with zero attached hydrogens (tertiary/aromatic N) is 1. The van der Waals surface area contributed by atoms with E-state index in [2.05, 4.69) is 5.32 Å². The molecule has 0 aliphatic rings. The number of aryl methyl sites for hydroxylation is 1. The van der Waals surface area contributed by atoms with Gasteiger partial charge >= 0.3 is 0 Å². The van der Waals surface area contributed by atoms with Crippen LogP contribution in [0.1, 0.15) is 16.7 Å². The highest BCUT2D eigenvalue weighted by atomic mass is 35.5. The molecule has 0 atom stereocenters. The van der Waals surface area contributed by atoms with Crippen LogP contribution in [-0.4, -0.2) is 5.91 Å². The lowest BCUT2D eigenvalue weighted by Gasteiger charge is -2.11. The van der Waals surface area contributed by atoms with Gasteiger partial charge < -0.3 is 10.1 Å². The van der Waals surface area contributed by atoms with Crippen molar-refractivity contribution < 1.29 is 13.9 Å². The van der Waals surface area contributed by atoms with Gasteiger partial charge in [-0.05, 0) is 66.6 Å². The number of amides is 1. The van der Waals surface area contributed by atoms with E-state index in [0.29, 0.717) is 27.6 Å². The van der Waals surface area contributed by atoms with Crippen molar-refractivity contribution in [2.45, 2.75) is 13.5 Å². The number of carbonyl (C=O) groups is 1. The summed E-state index contributed by atoms with van der Waals surface area (Å²) in [6.45, 7) is 2.03. The molecule has 150 valence electrons. The number of hydrogen-bond donors (Lipinski definition) is 1. The number of anilines is 1. The molecule has 0 bridgehead atoms. The Morgan fingerprint density at radius 1 is 1.17 bits per heavy atom. The maximum atomic E-state index is 13.4. The molecule has 1 N–H and O–H groups in total. The highest BCUT2D eigenvalue weighted by Crippen LogP contribution is 2.26. The first-order chi connectivity index (χ1) is 14.4. The fourth-order valence-corrected chi connectivity index (χ4v) is 2.96. The molecule has 3 rings (SSSR count). The number of ether oxygens (including phenoxy) is 1. The van der Waals surface area contributed by atoms with Gasteiger partial charge in [0, 0.05) is 16.3 Å². The zero-order valence-corrected chi connectivity index (χ0v) is 16.9. The molecule has 0 fully saturated rings. The third kappa shape index (κ3) is 5.69. The largest absolute Gasteiger partial charge is 0.488 e. The molecular formula is C24H18ClFN2O2. The third-order valence-electron chi connectivity index (χ3n) is 4.20. The van der Waals surface area contributed by atoms with E-state index in [0.717, 1.165) is 5.56 Å². The average Bonchev–Trinajstić information content (AvgIpc) is 2.71. The second-order valence-electron chi connectivity index (χ2n) is 6.59. The minimum absolute atomic E-state index is 0.102. The summed E-state index contributed by atoms with van der Waals surface area (Å²) in [6.07, 6.45) is 1.41. The average molecular weight is 421 g/mol. The Morgan fingerprint density at radius 2 is 1.97 bits per heavy atom. The first kappa shape index (κ1) is 21.1. The van der Waals surface area contributed by atoms with Crippen LogP contribution in [0.3, 0.4) is 0 Å². The first-order valence-corrected chi connectivity index (χ1v) is 9.49. The molecule has 0 aliphatic heterocycles. The van der Waals surface area contributed by atoms with E-state index >= 15 is 0 Å². The van der Waals surface area contributed by atoms with Crippen molar-refractivity contribution in [1.82, 2.24) is 0 Å². The van der Waals surface area contributed by atoms with Crippen LogP contribution in [-0.2, 0) is 11.4 Å². The molecule has 0 heterocycles. The van der Waals surface area contributed by atoms with Crippen molar-refractivity contribution in [3.8, 4) is 11.8 Å². The summed E-state index contributed by atoms with van der Waals surface area (Å²) in [5, 5.41) is 12.6. The topological polar surface area (TPSA) is 62.1 Å². The molecule has 0 unspecified atom stereocenters. The Morgan fingerprint density at radius 3 is 2.70 bits per heavy atom. The van der Waals surface area contributed by atoms with Crippen LogP contribution in [0.5, 0.6) is 5.75 Å². The van der Waals surface area contributed by atoms with Gasteiger partial charge in [-0.15, -0.1) is 0 Å².